The topological polar surface area (TPSA) is 41.5 Å². The molecule has 0 saturated heterocycles. The van der Waals surface area contributed by atoms with Crippen LogP contribution in [0.15, 0.2) is 23.2 Å². The van der Waals surface area contributed by atoms with Gasteiger partial charge in [0.15, 0.2) is 0 Å². The molecule has 84 valence electrons. The second kappa shape index (κ2) is 3.74. The van der Waals surface area contributed by atoms with Crippen molar-refractivity contribution >= 4 is 17.8 Å². The maximum absolute atomic E-state index is 10.3. The minimum absolute atomic E-state index is 0.00647. The van der Waals surface area contributed by atoms with Gasteiger partial charge in [-0.15, -0.1) is 0 Å². The van der Waals surface area contributed by atoms with Crippen molar-refractivity contribution in [3.8, 4) is 0 Å². The van der Waals surface area contributed by atoms with Crippen LogP contribution in [-0.4, -0.2) is 12.1 Å². The van der Waals surface area contributed by atoms with Crippen LogP contribution in [0.3, 0.4) is 0 Å². The summed E-state index contributed by atoms with van der Waals surface area (Å²) in [6.07, 6.45) is 0.722. The number of rotatable bonds is 3. The number of fused-ring (bicyclic) bond motifs is 1. The van der Waals surface area contributed by atoms with Gasteiger partial charge in [-0.2, -0.15) is 0 Å². The van der Waals surface area contributed by atoms with Gasteiger partial charge in [-0.1, -0.05) is 26.0 Å². The highest BCUT2D eigenvalue weighted by atomic mass is 16.1. The molecule has 0 atom stereocenters. The number of hydrogen-bond acceptors (Lipinski definition) is 2. The van der Waals surface area contributed by atoms with E-state index in [9.17, 15) is 4.79 Å². The number of aliphatic imine (C=N–C) groups is 1. The van der Waals surface area contributed by atoms with Crippen molar-refractivity contribution in [1.82, 2.24) is 5.32 Å². The molecule has 0 aromatic heterocycles. The third-order valence-electron chi connectivity index (χ3n) is 3.32. The lowest BCUT2D eigenvalue weighted by atomic mass is 9.81. The number of carbonyl (C=O) groups excluding carboxylic acids is 1. The number of nitrogens with zero attached hydrogens (tertiary/aromatic N) is 1. The monoisotopic (exact) mass is 216 g/mol. The second-order valence-corrected chi connectivity index (χ2v) is 4.67. The zero-order valence-corrected chi connectivity index (χ0v) is 9.87. The van der Waals surface area contributed by atoms with Crippen LogP contribution in [0.25, 0.3) is 0 Å². The molecular weight excluding hydrogens is 200 g/mol. The Morgan fingerprint density at radius 3 is 2.88 bits per heavy atom. The Hall–Kier alpha value is -1.64. The van der Waals surface area contributed by atoms with Gasteiger partial charge in [0.1, 0.15) is 0 Å². The Labute approximate surface area is 95.6 Å². The first-order valence-corrected chi connectivity index (χ1v) is 5.42. The molecule has 0 bridgehead atoms. The third kappa shape index (κ3) is 1.62. The van der Waals surface area contributed by atoms with Crippen molar-refractivity contribution in [3.05, 3.63) is 29.3 Å². The third-order valence-corrected chi connectivity index (χ3v) is 3.32. The van der Waals surface area contributed by atoms with Gasteiger partial charge in [-0.25, -0.2) is 0 Å². The first-order chi connectivity index (χ1) is 7.55. The summed E-state index contributed by atoms with van der Waals surface area (Å²) in [6.45, 7) is 6.98. The van der Waals surface area contributed by atoms with E-state index in [1.807, 2.05) is 12.1 Å². The quantitative estimate of drug-likeness (QED) is 0.774. The van der Waals surface area contributed by atoms with Crippen molar-refractivity contribution in [1.29, 1.82) is 0 Å². The first kappa shape index (κ1) is 10.9. The maximum Gasteiger partial charge on any atom is 0.207 e. The standard InChI is InChI=1S/C13H16N2O/c1-9-13(2,3)11-6-10(7-14-8-16)4-5-12(11)15-9/h4-6,8H,7H2,1-3H3,(H,14,16). The van der Waals surface area contributed by atoms with Crippen LogP contribution in [-0.2, 0) is 16.8 Å². The van der Waals surface area contributed by atoms with Crippen molar-refractivity contribution < 1.29 is 4.79 Å². The SMILES string of the molecule is CC1=Nc2ccc(CNC=O)cc2C1(C)C. The fraction of sp³-hybridized carbons (Fsp3) is 0.385. The van der Waals surface area contributed by atoms with Crippen molar-refractivity contribution in [2.24, 2.45) is 4.99 Å². The Balaban J connectivity index is 2.36. The van der Waals surface area contributed by atoms with Gasteiger partial charge in [-0.3, -0.25) is 9.79 Å². The summed E-state index contributed by atoms with van der Waals surface area (Å²) >= 11 is 0. The van der Waals surface area contributed by atoms with Crippen LogP contribution in [0.2, 0.25) is 0 Å². The molecule has 3 nitrogen and oxygen atoms in total. The molecule has 1 amide bonds. The maximum atomic E-state index is 10.3. The van der Waals surface area contributed by atoms with Gasteiger partial charge in [0, 0.05) is 17.7 Å². The van der Waals surface area contributed by atoms with E-state index in [1.165, 1.54) is 5.56 Å². The molecule has 3 heteroatoms. The van der Waals surface area contributed by atoms with Crippen molar-refractivity contribution in [2.75, 3.05) is 0 Å². The van der Waals surface area contributed by atoms with Gasteiger partial charge in [0.2, 0.25) is 6.41 Å². The normalized spacial score (nSPS) is 16.6. The molecule has 1 aliphatic rings. The van der Waals surface area contributed by atoms with E-state index in [-0.39, 0.29) is 5.41 Å². The molecule has 16 heavy (non-hydrogen) atoms. The number of benzene rings is 1. The lowest BCUT2D eigenvalue weighted by molar-refractivity contribution is -0.109. The molecule has 1 aromatic rings. The van der Waals surface area contributed by atoms with Crippen LogP contribution in [0.5, 0.6) is 0 Å². The average molecular weight is 216 g/mol. The van der Waals surface area contributed by atoms with E-state index in [0.717, 1.165) is 23.4 Å². The van der Waals surface area contributed by atoms with Gasteiger partial charge in [-0.05, 0) is 24.1 Å². The van der Waals surface area contributed by atoms with Crippen LogP contribution in [0, 0.1) is 0 Å². The summed E-state index contributed by atoms with van der Waals surface area (Å²) in [6, 6.07) is 6.16. The highest BCUT2D eigenvalue weighted by molar-refractivity contribution is 5.99. The molecule has 1 heterocycles. The smallest absolute Gasteiger partial charge is 0.207 e. The molecule has 0 radical (unpaired) electrons. The average Bonchev–Trinajstić information content (AvgIpc) is 2.48. The van der Waals surface area contributed by atoms with Crippen LogP contribution in [0.4, 0.5) is 5.69 Å². The van der Waals surface area contributed by atoms with Gasteiger partial charge in [0.25, 0.3) is 0 Å². The highest BCUT2D eigenvalue weighted by Crippen LogP contribution is 2.40. The summed E-state index contributed by atoms with van der Waals surface area (Å²) in [5, 5.41) is 2.68. The summed E-state index contributed by atoms with van der Waals surface area (Å²) in [5.41, 5.74) is 4.56. The first-order valence-electron chi connectivity index (χ1n) is 5.42. The minimum atomic E-state index is 0.00647. The molecule has 0 saturated carbocycles. The molecule has 1 aliphatic heterocycles. The second-order valence-electron chi connectivity index (χ2n) is 4.67. The summed E-state index contributed by atoms with van der Waals surface area (Å²) in [5.74, 6) is 0. The summed E-state index contributed by atoms with van der Waals surface area (Å²) in [4.78, 5) is 14.8. The van der Waals surface area contributed by atoms with Crippen molar-refractivity contribution in [2.45, 2.75) is 32.7 Å². The van der Waals surface area contributed by atoms with E-state index in [0.29, 0.717) is 6.54 Å². The zero-order valence-electron chi connectivity index (χ0n) is 9.87. The van der Waals surface area contributed by atoms with E-state index in [1.54, 1.807) is 0 Å². The highest BCUT2D eigenvalue weighted by Gasteiger charge is 2.31. The number of nitrogens with one attached hydrogen (secondary N) is 1. The van der Waals surface area contributed by atoms with Crippen LogP contribution >= 0.6 is 0 Å². The number of hydrogen-bond donors (Lipinski definition) is 1. The van der Waals surface area contributed by atoms with E-state index in [4.69, 9.17) is 0 Å². The number of amides is 1. The Bertz CT molecular complexity index is 461. The summed E-state index contributed by atoms with van der Waals surface area (Å²) in [7, 11) is 0. The fourth-order valence-electron chi connectivity index (χ4n) is 1.97. The van der Waals surface area contributed by atoms with Gasteiger partial charge in [0.05, 0.1) is 5.69 Å². The molecule has 0 fully saturated rings. The number of carbonyl (C=O) groups is 1. The minimum Gasteiger partial charge on any atom is -0.355 e. The lowest BCUT2D eigenvalue weighted by Crippen LogP contribution is -2.23. The van der Waals surface area contributed by atoms with Gasteiger partial charge < -0.3 is 5.32 Å². The summed E-state index contributed by atoms with van der Waals surface area (Å²) < 4.78 is 0. The van der Waals surface area contributed by atoms with Gasteiger partial charge >= 0.3 is 0 Å². The van der Waals surface area contributed by atoms with Crippen LogP contribution in [0.1, 0.15) is 31.9 Å². The largest absolute Gasteiger partial charge is 0.355 e. The lowest BCUT2D eigenvalue weighted by Gasteiger charge is -2.20. The molecule has 2 rings (SSSR count). The predicted octanol–water partition coefficient (Wildman–Crippen LogP) is 2.32. The molecule has 0 unspecified atom stereocenters. The predicted molar refractivity (Wildman–Crippen MR) is 65.1 cm³/mol. The molecule has 0 aliphatic carbocycles. The Morgan fingerprint density at radius 2 is 2.19 bits per heavy atom. The van der Waals surface area contributed by atoms with E-state index in [2.05, 4.69) is 37.1 Å². The van der Waals surface area contributed by atoms with E-state index < -0.39 is 0 Å². The van der Waals surface area contributed by atoms with E-state index >= 15 is 0 Å². The molecule has 1 aromatic carbocycles. The van der Waals surface area contributed by atoms with Crippen LogP contribution < -0.4 is 5.32 Å². The van der Waals surface area contributed by atoms with Crippen molar-refractivity contribution in [3.63, 3.8) is 0 Å². The molecular formula is C13H16N2O. The fourth-order valence-corrected chi connectivity index (χ4v) is 1.97. The Kier molecular flexibility index (Phi) is 2.54. The zero-order chi connectivity index (χ0) is 11.8. The molecule has 0 spiro atoms. The Morgan fingerprint density at radius 1 is 1.44 bits per heavy atom. The molecule has 1 N–H and O–H groups in total.